The summed E-state index contributed by atoms with van der Waals surface area (Å²) in [4.78, 5) is 28.4. The summed E-state index contributed by atoms with van der Waals surface area (Å²) in [5.41, 5.74) is 0. The van der Waals surface area contributed by atoms with Crippen LogP contribution in [-0.4, -0.2) is 73.2 Å². The number of nitrogens with one attached hydrogen (secondary N) is 1. The van der Waals surface area contributed by atoms with E-state index in [1.54, 1.807) is 20.1 Å². The Labute approximate surface area is 175 Å². The Kier molecular flexibility index (Phi) is 7.67. The van der Waals surface area contributed by atoms with Gasteiger partial charge in [0.05, 0.1) is 7.11 Å². The first kappa shape index (κ1) is 21.6. The number of nitrogens with zero attached hydrogens (tertiary/aromatic N) is 3. The lowest BCUT2D eigenvalue weighted by molar-refractivity contribution is -0.134. The minimum atomic E-state index is -0.247. The molecule has 1 aromatic carbocycles. The maximum Gasteiger partial charge on any atom is 0.226 e. The first-order valence-corrected chi connectivity index (χ1v) is 10.0. The number of benzene rings is 1. The number of hydrogen-bond acceptors (Lipinski definition) is 7. The number of ether oxygens (including phenoxy) is 2. The van der Waals surface area contributed by atoms with Crippen molar-refractivity contribution in [3.8, 4) is 11.5 Å². The molecule has 2 aromatic rings. The van der Waals surface area contributed by atoms with E-state index in [-0.39, 0.29) is 24.7 Å². The lowest BCUT2D eigenvalue weighted by Crippen LogP contribution is -2.49. The topological polar surface area (TPSA) is 97.1 Å². The van der Waals surface area contributed by atoms with Crippen LogP contribution in [0.2, 0.25) is 0 Å². The Morgan fingerprint density at radius 3 is 2.53 bits per heavy atom. The Balaban J connectivity index is 1.32. The fraction of sp³-hybridized carbons (Fsp3) is 0.476. The molecule has 2 amide bonds. The summed E-state index contributed by atoms with van der Waals surface area (Å²) in [6.07, 6.45) is 0.303. The second-order valence-electron chi connectivity index (χ2n) is 7.09. The number of rotatable bonds is 9. The number of anilines is 1. The van der Waals surface area contributed by atoms with Crippen LogP contribution in [0.4, 0.5) is 5.82 Å². The summed E-state index contributed by atoms with van der Waals surface area (Å²) < 4.78 is 16.0. The molecule has 0 aliphatic carbocycles. The van der Waals surface area contributed by atoms with Crippen molar-refractivity contribution >= 4 is 17.6 Å². The third kappa shape index (κ3) is 6.21. The molecule has 9 heteroatoms. The van der Waals surface area contributed by atoms with Crippen LogP contribution in [0.3, 0.4) is 0 Å². The van der Waals surface area contributed by atoms with Crippen molar-refractivity contribution in [3.63, 3.8) is 0 Å². The molecule has 30 heavy (non-hydrogen) atoms. The normalized spacial score (nSPS) is 14.4. The average molecular weight is 416 g/mol. The van der Waals surface area contributed by atoms with Gasteiger partial charge in [0.1, 0.15) is 12.4 Å². The number of aryl methyl sites for hydroxylation is 1. The third-order valence-electron chi connectivity index (χ3n) is 4.92. The van der Waals surface area contributed by atoms with Crippen molar-refractivity contribution in [2.75, 3.05) is 51.8 Å². The molecule has 1 N–H and O–H groups in total. The van der Waals surface area contributed by atoms with Crippen LogP contribution in [0.25, 0.3) is 0 Å². The number of aromatic nitrogens is 1. The van der Waals surface area contributed by atoms with Crippen molar-refractivity contribution in [2.24, 2.45) is 0 Å². The predicted molar refractivity (Wildman–Crippen MR) is 111 cm³/mol. The van der Waals surface area contributed by atoms with Gasteiger partial charge in [-0.3, -0.25) is 14.5 Å². The maximum atomic E-state index is 12.4. The minimum absolute atomic E-state index is 0.00796. The number of amides is 2. The van der Waals surface area contributed by atoms with Crippen molar-refractivity contribution in [2.45, 2.75) is 19.8 Å². The van der Waals surface area contributed by atoms with Crippen molar-refractivity contribution < 1.29 is 23.6 Å². The molecular weight excluding hydrogens is 388 g/mol. The molecule has 3 rings (SSSR count). The minimum Gasteiger partial charge on any atom is -0.493 e. The Bertz CT molecular complexity index is 845. The van der Waals surface area contributed by atoms with E-state index in [4.69, 9.17) is 14.0 Å². The highest BCUT2D eigenvalue weighted by Gasteiger charge is 2.21. The van der Waals surface area contributed by atoms with Crippen molar-refractivity contribution in [1.29, 1.82) is 0 Å². The number of hydrogen-bond donors (Lipinski definition) is 1. The highest BCUT2D eigenvalue weighted by atomic mass is 16.5. The van der Waals surface area contributed by atoms with E-state index in [1.165, 1.54) is 0 Å². The lowest BCUT2D eigenvalue weighted by Gasteiger charge is -2.34. The first-order chi connectivity index (χ1) is 14.5. The van der Waals surface area contributed by atoms with Gasteiger partial charge in [0.25, 0.3) is 0 Å². The summed E-state index contributed by atoms with van der Waals surface area (Å²) in [7, 11) is 1.62. The van der Waals surface area contributed by atoms with E-state index in [0.717, 1.165) is 31.1 Å². The van der Waals surface area contributed by atoms with Crippen LogP contribution in [0.1, 0.15) is 18.6 Å². The van der Waals surface area contributed by atoms with E-state index in [0.29, 0.717) is 31.3 Å². The van der Waals surface area contributed by atoms with Crippen LogP contribution >= 0.6 is 0 Å². The molecule has 1 fully saturated rings. The van der Waals surface area contributed by atoms with E-state index < -0.39 is 0 Å². The summed E-state index contributed by atoms with van der Waals surface area (Å²) in [6.45, 7) is 5.94. The Morgan fingerprint density at radius 2 is 1.87 bits per heavy atom. The van der Waals surface area contributed by atoms with Gasteiger partial charge in [0, 0.05) is 51.6 Å². The van der Waals surface area contributed by atoms with Crippen LogP contribution in [0, 0.1) is 6.92 Å². The van der Waals surface area contributed by atoms with Crippen molar-refractivity contribution in [1.82, 2.24) is 15.0 Å². The zero-order valence-electron chi connectivity index (χ0n) is 17.4. The second-order valence-corrected chi connectivity index (χ2v) is 7.09. The summed E-state index contributed by atoms with van der Waals surface area (Å²) >= 11 is 0. The number of carbonyl (C=O) groups is 2. The highest BCUT2D eigenvalue weighted by Crippen LogP contribution is 2.25. The van der Waals surface area contributed by atoms with E-state index >= 15 is 0 Å². The van der Waals surface area contributed by atoms with E-state index in [9.17, 15) is 9.59 Å². The van der Waals surface area contributed by atoms with Crippen LogP contribution < -0.4 is 14.8 Å². The largest absolute Gasteiger partial charge is 0.493 e. The smallest absolute Gasteiger partial charge is 0.226 e. The molecule has 0 bridgehead atoms. The molecule has 1 aliphatic heterocycles. The molecule has 0 radical (unpaired) electrons. The molecule has 1 aromatic heterocycles. The maximum absolute atomic E-state index is 12.4. The first-order valence-electron chi connectivity index (χ1n) is 10.0. The summed E-state index contributed by atoms with van der Waals surface area (Å²) in [5.74, 6) is 2.18. The molecule has 0 atom stereocenters. The van der Waals surface area contributed by atoms with E-state index in [2.05, 4.69) is 15.4 Å². The molecule has 0 spiro atoms. The predicted octanol–water partition coefficient (Wildman–Crippen LogP) is 1.93. The van der Waals surface area contributed by atoms with Crippen LogP contribution in [0.5, 0.6) is 11.5 Å². The molecule has 0 saturated carbocycles. The quantitative estimate of drug-likeness (QED) is 0.667. The third-order valence-corrected chi connectivity index (χ3v) is 4.92. The van der Waals surface area contributed by atoms with E-state index in [1.807, 2.05) is 29.2 Å². The Hall–Kier alpha value is -3.07. The average Bonchev–Trinajstić information content (AvgIpc) is 3.17. The van der Waals surface area contributed by atoms with Gasteiger partial charge in [-0.25, -0.2) is 0 Å². The van der Waals surface area contributed by atoms with Crippen molar-refractivity contribution in [3.05, 3.63) is 36.1 Å². The second kappa shape index (κ2) is 10.6. The van der Waals surface area contributed by atoms with Gasteiger partial charge in [-0.1, -0.05) is 17.3 Å². The summed E-state index contributed by atoms with van der Waals surface area (Å²) in [6, 6.07) is 9.20. The van der Waals surface area contributed by atoms with Gasteiger partial charge in [-0.05, 0) is 19.1 Å². The zero-order valence-corrected chi connectivity index (χ0v) is 17.4. The molecule has 1 aliphatic rings. The number of methoxy groups -OCH3 is 1. The van der Waals surface area contributed by atoms with Gasteiger partial charge in [0.15, 0.2) is 17.3 Å². The lowest BCUT2D eigenvalue weighted by atomic mass is 10.2. The molecule has 9 nitrogen and oxygen atoms in total. The SMILES string of the molecule is COc1ccccc1OCCN1CCN(C(=O)CCC(=O)Nc2cc(C)on2)CC1. The highest BCUT2D eigenvalue weighted by molar-refractivity contribution is 5.92. The molecule has 1 saturated heterocycles. The zero-order chi connectivity index (χ0) is 21.3. The van der Waals surface area contributed by atoms with Gasteiger partial charge in [-0.15, -0.1) is 0 Å². The Morgan fingerprint density at radius 1 is 1.13 bits per heavy atom. The van der Waals surface area contributed by atoms with Gasteiger partial charge >= 0.3 is 0 Å². The van der Waals surface area contributed by atoms with Gasteiger partial charge < -0.3 is 24.2 Å². The number of piperazine rings is 1. The van der Waals surface area contributed by atoms with Crippen LogP contribution in [-0.2, 0) is 9.59 Å². The number of carbonyl (C=O) groups excluding carboxylic acids is 2. The fourth-order valence-electron chi connectivity index (χ4n) is 3.25. The number of para-hydroxylation sites is 2. The molecular formula is C21H28N4O5. The standard InChI is InChI=1S/C21H28N4O5/c1-16-15-19(23-30-16)22-20(26)7-8-21(27)25-11-9-24(10-12-25)13-14-29-18-6-4-3-5-17(18)28-2/h3-6,15H,7-14H2,1-2H3,(H,22,23,26). The molecule has 162 valence electrons. The fourth-order valence-corrected chi connectivity index (χ4v) is 3.25. The van der Waals surface area contributed by atoms with Gasteiger partial charge in [-0.2, -0.15) is 0 Å². The molecule has 2 heterocycles. The molecule has 0 unspecified atom stereocenters. The van der Waals surface area contributed by atoms with Gasteiger partial charge in [0.2, 0.25) is 11.8 Å². The monoisotopic (exact) mass is 416 g/mol. The summed E-state index contributed by atoms with van der Waals surface area (Å²) in [5, 5.41) is 6.34. The van der Waals surface area contributed by atoms with Crippen LogP contribution in [0.15, 0.2) is 34.9 Å².